The average molecular weight is 292 g/mol. The number of amides is 2. The first-order chi connectivity index (χ1) is 8.92. The van der Waals surface area contributed by atoms with Gasteiger partial charge in [-0.05, 0) is 24.3 Å². The topological polar surface area (TPSA) is 87.7 Å². The fourth-order valence-corrected chi connectivity index (χ4v) is 1.91. The van der Waals surface area contributed by atoms with Crippen LogP contribution >= 0.6 is 11.8 Å². The molecule has 0 saturated heterocycles. The van der Waals surface area contributed by atoms with Gasteiger partial charge < -0.3 is 20.5 Å². The van der Waals surface area contributed by atoms with Crippen LogP contribution in [0.4, 0.5) is 4.79 Å². The zero-order valence-electron chi connectivity index (χ0n) is 11.9. The molecule has 0 rings (SSSR count). The van der Waals surface area contributed by atoms with Crippen LogP contribution in [0.3, 0.4) is 0 Å². The van der Waals surface area contributed by atoms with Gasteiger partial charge in [0, 0.05) is 7.11 Å². The third-order valence-corrected chi connectivity index (χ3v) is 3.33. The second kappa shape index (κ2) is 9.91. The number of hydrogen-bond acceptors (Lipinski definition) is 4. The summed E-state index contributed by atoms with van der Waals surface area (Å²) >= 11 is 1.55. The number of rotatable bonds is 9. The summed E-state index contributed by atoms with van der Waals surface area (Å²) in [6.07, 6.45) is 2.30. The number of ether oxygens (including phenoxy) is 1. The molecule has 0 aliphatic heterocycles. The Morgan fingerprint density at radius 2 is 1.95 bits per heavy atom. The summed E-state index contributed by atoms with van der Waals surface area (Å²) < 4.78 is 5.02. The van der Waals surface area contributed by atoms with Crippen molar-refractivity contribution in [1.82, 2.24) is 10.6 Å². The highest BCUT2D eigenvalue weighted by Crippen LogP contribution is 2.03. The highest BCUT2D eigenvalue weighted by Gasteiger charge is 2.22. The van der Waals surface area contributed by atoms with E-state index in [1.165, 1.54) is 0 Å². The number of carboxylic acid groups (broad SMARTS) is 1. The Morgan fingerprint density at radius 1 is 1.32 bits per heavy atom. The molecular formula is C12H24N2O4S. The maximum absolute atomic E-state index is 11.8. The first-order valence-corrected chi connectivity index (χ1v) is 7.59. The van der Waals surface area contributed by atoms with Crippen LogP contribution in [0.25, 0.3) is 0 Å². The van der Waals surface area contributed by atoms with Gasteiger partial charge in [0.2, 0.25) is 0 Å². The van der Waals surface area contributed by atoms with E-state index in [4.69, 9.17) is 9.84 Å². The fraction of sp³-hybridized carbons (Fsp3) is 0.833. The number of hydrogen-bond donors (Lipinski definition) is 3. The van der Waals surface area contributed by atoms with Crippen molar-refractivity contribution < 1.29 is 19.4 Å². The van der Waals surface area contributed by atoms with Gasteiger partial charge in [-0.15, -0.1) is 0 Å². The zero-order valence-corrected chi connectivity index (χ0v) is 12.8. The Kier molecular flexibility index (Phi) is 9.42. The lowest BCUT2D eigenvalue weighted by Gasteiger charge is -2.23. The van der Waals surface area contributed by atoms with Gasteiger partial charge in [-0.25, -0.2) is 9.59 Å². The van der Waals surface area contributed by atoms with Crippen LogP contribution in [0.15, 0.2) is 0 Å². The van der Waals surface area contributed by atoms with Gasteiger partial charge in [0.25, 0.3) is 0 Å². The standard InChI is InChI=1S/C12H24N2O4S/c1-8(2)10(7-18-3)14-12(17)13-9(11(15)16)5-6-19-4/h8-10H,5-7H2,1-4H3,(H,15,16)(H2,13,14,17)/t9-,10?/m0/s1. The molecule has 2 amide bonds. The molecule has 112 valence electrons. The normalized spacial score (nSPS) is 13.9. The lowest BCUT2D eigenvalue weighted by molar-refractivity contribution is -0.139. The van der Waals surface area contributed by atoms with Crippen LogP contribution < -0.4 is 10.6 Å². The van der Waals surface area contributed by atoms with Gasteiger partial charge in [0.05, 0.1) is 12.6 Å². The molecule has 0 aromatic rings. The van der Waals surface area contributed by atoms with Gasteiger partial charge in [-0.2, -0.15) is 11.8 Å². The van der Waals surface area contributed by atoms with Crippen LogP contribution in [0.5, 0.6) is 0 Å². The van der Waals surface area contributed by atoms with E-state index in [0.717, 1.165) is 0 Å². The Labute approximate surface area is 118 Å². The lowest BCUT2D eigenvalue weighted by atomic mass is 10.1. The highest BCUT2D eigenvalue weighted by atomic mass is 32.2. The van der Waals surface area contributed by atoms with Crippen LogP contribution in [-0.4, -0.2) is 54.9 Å². The number of nitrogens with one attached hydrogen (secondary N) is 2. The third-order valence-electron chi connectivity index (χ3n) is 2.68. The second-order valence-electron chi connectivity index (χ2n) is 4.60. The Bertz CT molecular complexity index is 287. The summed E-state index contributed by atoms with van der Waals surface area (Å²) in [5.74, 6) is -0.125. The van der Waals surface area contributed by atoms with Crippen LogP contribution in [0.1, 0.15) is 20.3 Å². The van der Waals surface area contributed by atoms with Crippen molar-refractivity contribution in [3.05, 3.63) is 0 Å². The summed E-state index contributed by atoms with van der Waals surface area (Å²) in [5.41, 5.74) is 0. The molecular weight excluding hydrogens is 268 g/mol. The molecule has 0 aromatic carbocycles. The minimum absolute atomic E-state index is 0.139. The molecule has 19 heavy (non-hydrogen) atoms. The quantitative estimate of drug-likeness (QED) is 0.593. The number of carbonyl (C=O) groups excluding carboxylic acids is 1. The van der Waals surface area contributed by atoms with Crippen LogP contribution in [0.2, 0.25) is 0 Å². The Hall–Kier alpha value is -0.950. The van der Waals surface area contributed by atoms with Gasteiger partial charge in [-0.1, -0.05) is 13.8 Å². The SMILES string of the molecule is COCC(NC(=O)N[C@@H](CCSC)C(=O)O)C(C)C. The predicted octanol–water partition coefficient (Wildman–Crippen LogP) is 1.16. The minimum Gasteiger partial charge on any atom is -0.480 e. The molecule has 6 nitrogen and oxygen atoms in total. The molecule has 0 heterocycles. The fourth-order valence-electron chi connectivity index (χ4n) is 1.44. The van der Waals surface area contributed by atoms with Crippen molar-refractivity contribution in [2.45, 2.75) is 32.4 Å². The molecule has 0 aromatic heterocycles. The first kappa shape index (κ1) is 18.0. The largest absolute Gasteiger partial charge is 0.480 e. The first-order valence-electron chi connectivity index (χ1n) is 6.20. The molecule has 0 bridgehead atoms. The summed E-state index contributed by atoms with van der Waals surface area (Å²) in [7, 11) is 1.56. The highest BCUT2D eigenvalue weighted by molar-refractivity contribution is 7.98. The van der Waals surface area contributed by atoms with E-state index in [0.29, 0.717) is 18.8 Å². The minimum atomic E-state index is -1.02. The zero-order chi connectivity index (χ0) is 14.8. The smallest absolute Gasteiger partial charge is 0.326 e. The van der Waals surface area contributed by atoms with Crippen LogP contribution in [-0.2, 0) is 9.53 Å². The molecule has 7 heteroatoms. The lowest BCUT2D eigenvalue weighted by Crippen LogP contribution is -2.51. The summed E-state index contributed by atoms with van der Waals surface area (Å²) in [6, 6.07) is -1.47. The molecule has 0 aliphatic carbocycles. The van der Waals surface area contributed by atoms with Gasteiger partial charge in [0.1, 0.15) is 6.04 Å². The maximum atomic E-state index is 11.8. The van der Waals surface area contributed by atoms with Crippen molar-refractivity contribution in [3.63, 3.8) is 0 Å². The molecule has 0 saturated carbocycles. The van der Waals surface area contributed by atoms with Crippen molar-refractivity contribution in [1.29, 1.82) is 0 Å². The van der Waals surface area contributed by atoms with E-state index >= 15 is 0 Å². The van der Waals surface area contributed by atoms with E-state index in [-0.39, 0.29) is 12.0 Å². The molecule has 3 N–H and O–H groups in total. The Balaban J connectivity index is 4.34. The number of carbonyl (C=O) groups is 2. The number of thioether (sulfide) groups is 1. The van der Waals surface area contributed by atoms with Gasteiger partial charge in [0.15, 0.2) is 0 Å². The molecule has 0 spiro atoms. The van der Waals surface area contributed by atoms with E-state index < -0.39 is 18.0 Å². The molecule has 0 fully saturated rings. The summed E-state index contributed by atoms with van der Waals surface area (Å²) in [6.45, 7) is 4.33. The second-order valence-corrected chi connectivity index (χ2v) is 5.58. The van der Waals surface area contributed by atoms with Gasteiger partial charge >= 0.3 is 12.0 Å². The number of aliphatic carboxylic acids is 1. The maximum Gasteiger partial charge on any atom is 0.326 e. The van der Waals surface area contributed by atoms with Gasteiger partial charge in [-0.3, -0.25) is 0 Å². The molecule has 1 unspecified atom stereocenters. The third kappa shape index (κ3) is 7.94. The summed E-state index contributed by atoms with van der Waals surface area (Å²) in [4.78, 5) is 22.8. The molecule has 2 atom stereocenters. The van der Waals surface area contributed by atoms with E-state index in [9.17, 15) is 9.59 Å². The summed E-state index contributed by atoms with van der Waals surface area (Å²) in [5, 5.41) is 14.2. The van der Waals surface area contributed by atoms with E-state index in [2.05, 4.69) is 10.6 Å². The van der Waals surface area contributed by atoms with Crippen LogP contribution in [0, 0.1) is 5.92 Å². The van der Waals surface area contributed by atoms with Crippen molar-refractivity contribution in [2.75, 3.05) is 25.7 Å². The van der Waals surface area contributed by atoms with Crippen molar-refractivity contribution >= 4 is 23.8 Å². The van der Waals surface area contributed by atoms with E-state index in [1.807, 2.05) is 20.1 Å². The van der Waals surface area contributed by atoms with Crippen molar-refractivity contribution in [2.24, 2.45) is 5.92 Å². The van der Waals surface area contributed by atoms with E-state index in [1.54, 1.807) is 18.9 Å². The number of carboxylic acids is 1. The molecule has 0 radical (unpaired) electrons. The Morgan fingerprint density at radius 3 is 2.37 bits per heavy atom. The van der Waals surface area contributed by atoms with Crippen molar-refractivity contribution in [3.8, 4) is 0 Å². The number of urea groups is 1. The molecule has 0 aliphatic rings. The average Bonchev–Trinajstić information content (AvgIpc) is 2.33. The number of methoxy groups -OCH3 is 1. The monoisotopic (exact) mass is 292 g/mol. The predicted molar refractivity (Wildman–Crippen MR) is 76.6 cm³/mol.